The highest BCUT2D eigenvalue weighted by atomic mass is 16.5. The topological polar surface area (TPSA) is 24.5 Å². The first-order valence-electron chi connectivity index (χ1n) is 6.55. The molecule has 0 unspecified atom stereocenters. The Bertz CT molecular complexity index is 239. The monoisotopic (exact) mass is 240 g/mol. The van der Waals surface area contributed by atoms with Gasteiger partial charge in [-0.15, -0.1) is 6.58 Å². The molecule has 1 N–H and O–H groups in total. The number of methoxy groups -OCH3 is 1. The van der Waals surface area contributed by atoms with Crippen LogP contribution >= 0.6 is 0 Å². The van der Waals surface area contributed by atoms with Crippen molar-refractivity contribution in [2.24, 2.45) is 0 Å². The molecule has 17 heavy (non-hydrogen) atoms. The summed E-state index contributed by atoms with van der Waals surface area (Å²) in [6.45, 7) is 14.6. The second-order valence-electron chi connectivity index (χ2n) is 5.98. The Morgan fingerprint density at radius 3 is 2.35 bits per heavy atom. The van der Waals surface area contributed by atoms with E-state index in [0.717, 1.165) is 39.0 Å². The lowest BCUT2D eigenvalue weighted by Crippen LogP contribution is -2.55. The van der Waals surface area contributed by atoms with Crippen LogP contribution in [0, 0.1) is 0 Å². The minimum atomic E-state index is 0.0154. The zero-order valence-corrected chi connectivity index (χ0v) is 11.9. The number of rotatable bonds is 5. The van der Waals surface area contributed by atoms with E-state index in [1.165, 1.54) is 0 Å². The quantitative estimate of drug-likeness (QED) is 0.744. The van der Waals surface area contributed by atoms with E-state index in [2.05, 4.69) is 37.6 Å². The van der Waals surface area contributed by atoms with Gasteiger partial charge in [-0.25, -0.2) is 0 Å². The molecular formula is C14H28N2O. The molecule has 1 rings (SSSR count). The number of ether oxygens (including phenoxy) is 1. The predicted molar refractivity (Wildman–Crippen MR) is 73.4 cm³/mol. The van der Waals surface area contributed by atoms with Crippen LogP contribution < -0.4 is 5.32 Å². The lowest BCUT2D eigenvalue weighted by atomic mass is 9.89. The SMILES string of the molecule is C=CCN(CC1(OC)CCNCC1)C(C)(C)C. The van der Waals surface area contributed by atoms with Crippen LogP contribution in [0.5, 0.6) is 0 Å². The summed E-state index contributed by atoms with van der Waals surface area (Å²) >= 11 is 0. The van der Waals surface area contributed by atoms with Crippen LogP contribution in [0.15, 0.2) is 12.7 Å². The van der Waals surface area contributed by atoms with Gasteiger partial charge in [0.15, 0.2) is 0 Å². The van der Waals surface area contributed by atoms with Crippen LogP contribution in [0.1, 0.15) is 33.6 Å². The molecule has 1 heterocycles. The summed E-state index contributed by atoms with van der Waals surface area (Å²) in [5.41, 5.74) is 0.173. The molecule has 1 saturated heterocycles. The Morgan fingerprint density at radius 2 is 1.94 bits per heavy atom. The van der Waals surface area contributed by atoms with Crippen molar-refractivity contribution in [2.75, 3.05) is 33.3 Å². The number of hydrogen-bond acceptors (Lipinski definition) is 3. The van der Waals surface area contributed by atoms with Gasteiger partial charge in [-0.1, -0.05) is 6.08 Å². The van der Waals surface area contributed by atoms with Crippen molar-refractivity contribution in [3.63, 3.8) is 0 Å². The van der Waals surface area contributed by atoms with Crippen LogP contribution in [0.4, 0.5) is 0 Å². The summed E-state index contributed by atoms with van der Waals surface area (Å²) in [6.07, 6.45) is 4.16. The maximum atomic E-state index is 5.83. The standard InChI is InChI=1S/C14H28N2O/c1-6-11-16(13(2,3)4)12-14(17-5)7-9-15-10-8-14/h6,15H,1,7-12H2,2-5H3. The minimum Gasteiger partial charge on any atom is -0.377 e. The number of nitrogens with one attached hydrogen (secondary N) is 1. The van der Waals surface area contributed by atoms with Gasteiger partial charge in [0.25, 0.3) is 0 Å². The maximum Gasteiger partial charge on any atom is 0.0829 e. The average molecular weight is 240 g/mol. The van der Waals surface area contributed by atoms with Crippen molar-refractivity contribution >= 4 is 0 Å². The molecule has 0 aromatic carbocycles. The van der Waals surface area contributed by atoms with E-state index in [9.17, 15) is 0 Å². The third kappa shape index (κ3) is 4.09. The van der Waals surface area contributed by atoms with E-state index < -0.39 is 0 Å². The fourth-order valence-electron chi connectivity index (χ4n) is 2.39. The van der Waals surface area contributed by atoms with Crippen molar-refractivity contribution < 1.29 is 4.74 Å². The second kappa shape index (κ2) is 5.98. The Hall–Kier alpha value is -0.380. The Morgan fingerprint density at radius 1 is 1.35 bits per heavy atom. The summed E-state index contributed by atoms with van der Waals surface area (Å²) in [4.78, 5) is 2.45. The molecule has 0 saturated carbocycles. The molecule has 100 valence electrons. The summed E-state index contributed by atoms with van der Waals surface area (Å²) < 4.78 is 5.83. The molecule has 0 aromatic heterocycles. The van der Waals surface area contributed by atoms with Crippen LogP contribution in [0.2, 0.25) is 0 Å². The van der Waals surface area contributed by atoms with Gasteiger partial charge in [0.05, 0.1) is 5.60 Å². The Labute approximate surface area is 106 Å². The van der Waals surface area contributed by atoms with E-state index in [1.54, 1.807) is 0 Å². The van der Waals surface area contributed by atoms with Crippen molar-refractivity contribution in [3.05, 3.63) is 12.7 Å². The average Bonchev–Trinajstić information content (AvgIpc) is 2.28. The van der Waals surface area contributed by atoms with Gasteiger partial charge < -0.3 is 10.1 Å². The first-order chi connectivity index (χ1) is 7.93. The minimum absolute atomic E-state index is 0.0154. The van der Waals surface area contributed by atoms with Crippen LogP contribution in [-0.4, -0.2) is 49.3 Å². The molecule has 0 spiro atoms. The summed E-state index contributed by atoms with van der Waals surface area (Å²) in [7, 11) is 1.85. The van der Waals surface area contributed by atoms with Gasteiger partial charge in [-0.2, -0.15) is 0 Å². The molecule has 3 nitrogen and oxygen atoms in total. The number of piperidine rings is 1. The molecular weight excluding hydrogens is 212 g/mol. The lowest BCUT2D eigenvalue weighted by molar-refractivity contribution is -0.0697. The third-order valence-corrected chi connectivity index (χ3v) is 3.72. The van der Waals surface area contributed by atoms with Gasteiger partial charge >= 0.3 is 0 Å². The van der Waals surface area contributed by atoms with Crippen LogP contribution in [0.25, 0.3) is 0 Å². The van der Waals surface area contributed by atoms with E-state index in [1.807, 2.05) is 13.2 Å². The fourth-order valence-corrected chi connectivity index (χ4v) is 2.39. The second-order valence-corrected chi connectivity index (χ2v) is 5.98. The van der Waals surface area contributed by atoms with Crippen LogP contribution in [0.3, 0.4) is 0 Å². The highest BCUT2D eigenvalue weighted by Gasteiger charge is 2.36. The number of hydrogen-bond donors (Lipinski definition) is 1. The van der Waals surface area contributed by atoms with Crippen molar-refractivity contribution in [1.29, 1.82) is 0 Å². The van der Waals surface area contributed by atoms with Gasteiger partial charge in [0, 0.05) is 25.7 Å². The van der Waals surface area contributed by atoms with Gasteiger partial charge in [0.2, 0.25) is 0 Å². The number of nitrogens with zero attached hydrogens (tertiary/aromatic N) is 1. The zero-order chi connectivity index (χ0) is 12.9. The highest BCUT2D eigenvalue weighted by molar-refractivity contribution is 4.93. The highest BCUT2D eigenvalue weighted by Crippen LogP contribution is 2.26. The smallest absolute Gasteiger partial charge is 0.0829 e. The molecule has 3 heteroatoms. The first-order valence-corrected chi connectivity index (χ1v) is 6.55. The largest absolute Gasteiger partial charge is 0.377 e. The molecule has 0 aromatic rings. The predicted octanol–water partition coefficient (Wildman–Crippen LogP) is 2.04. The molecule has 0 amide bonds. The van der Waals surface area contributed by atoms with Crippen LogP contribution in [-0.2, 0) is 4.74 Å². The van der Waals surface area contributed by atoms with Gasteiger partial charge in [0.1, 0.15) is 0 Å². The first kappa shape index (κ1) is 14.7. The molecule has 1 fully saturated rings. The lowest BCUT2D eigenvalue weighted by Gasteiger charge is -2.44. The summed E-state index contributed by atoms with van der Waals surface area (Å²) in [6, 6.07) is 0. The van der Waals surface area contributed by atoms with Gasteiger partial charge in [-0.05, 0) is 46.7 Å². The fraction of sp³-hybridized carbons (Fsp3) is 0.857. The normalized spacial score (nSPS) is 20.5. The van der Waals surface area contributed by atoms with Gasteiger partial charge in [-0.3, -0.25) is 4.90 Å². The summed E-state index contributed by atoms with van der Waals surface area (Å²) in [5.74, 6) is 0. The molecule has 0 atom stereocenters. The maximum absolute atomic E-state index is 5.83. The third-order valence-electron chi connectivity index (χ3n) is 3.72. The molecule has 0 radical (unpaired) electrons. The van der Waals surface area contributed by atoms with E-state index >= 15 is 0 Å². The van der Waals surface area contributed by atoms with Crippen molar-refractivity contribution in [3.8, 4) is 0 Å². The van der Waals surface area contributed by atoms with E-state index in [0.29, 0.717) is 0 Å². The zero-order valence-electron chi connectivity index (χ0n) is 11.9. The summed E-state index contributed by atoms with van der Waals surface area (Å²) in [5, 5.41) is 3.40. The van der Waals surface area contributed by atoms with E-state index in [4.69, 9.17) is 4.74 Å². The molecule has 1 aliphatic heterocycles. The molecule has 0 aliphatic carbocycles. The van der Waals surface area contributed by atoms with E-state index in [-0.39, 0.29) is 11.1 Å². The molecule has 1 aliphatic rings. The Balaban J connectivity index is 2.72. The Kier molecular flexibility index (Phi) is 5.17. The van der Waals surface area contributed by atoms with Crippen molar-refractivity contribution in [2.45, 2.75) is 44.8 Å². The molecule has 0 bridgehead atoms. The van der Waals surface area contributed by atoms with Crippen molar-refractivity contribution in [1.82, 2.24) is 10.2 Å².